The second kappa shape index (κ2) is 7.24. The molecule has 1 heterocycles. The number of rotatable bonds is 4. The Balaban J connectivity index is 1.91. The zero-order valence-electron chi connectivity index (χ0n) is 17.2. The number of aryl methyl sites for hydroxylation is 2. The number of nitrogens with zero attached hydrogens (tertiary/aromatic N) is 1. The molecule has 0 bridgehead atoms. The van der Waals surface area contributed by atoms with Crippen molar-refractivity contribution in [2.45, 2.75) is 57.8 Å². The Morgan fingerprint density at radius 1 is 1.00 bits per heavy atom. The van der Waals surface area contributed by atoms with E-state index in [1.807, 2.05) is 25.1 Å². The first-order valence-electron chi connectivity index (χ1n) is 9.54. The number of nitrogens with one attached hydrogen (secondary N) is 1. The Hall–Kier alpha value is -2.34. The predicted octanol–water partition coefficient (Wildman–Crippen LogP) is 4.53. The van der Waals surface area contributed by atoms with Gasteiger partial charge in [-0.05, 0) is 66.6 Å². The van der Waals surface area contributed by atoms with Gasteiger partial charge in [0.2, 0.25) is 5.91 Å². The zero-order chi connectivity index (χ0) is 20.7. The topological polar surface area (TPSA) is 66.5 Å². The minimum atomic E-state index is -3.72. The summed E-state index contributed by atoms with van der Waals surface area (Å²) in [6, 6.07) is 10.9. The number of carbonyl (C=O) groups excluding carboxylic acids is 1. The third kappa shape index (κ3) is 4.07. The molecule has 0 saturated carbocycles. The van der Waals surface area contributed by atoms with Crippen LogP contribution in [0.4, 0.5) is 11.4 Å². The first kappa shape index (κ1) is 20.4. The van der Waals surface area contributed by atoms with Gasteiger partial charge < -0.3 is 4.90 Å². The summed E-state index contributed by atoms with van der Waals surface area (Å²) in [5, 5.41) is 0. The summed E-state index contributed by atoms with van der Waals surface area (Å²) in [7, 11) is -3.72. The highest BCUT2D eigenvalue weighted by Crippen LogP contribution is 2.30. The van der Waals surface area contributed by atoms with Crippen LogP contribution in [0.3, 0.4) is 0 Å². The fraction of sp³-hybridized carbons (Fsp3) is 0.409. The molecule has 1 amide bonds. The summed E-state index contributed by atoms with van der Waals surface area (Å²) in [5.74, 6) is 0.117. The lowest BCUT2D eigenvalue weighted by Gasteiger charge is -2.21. The van der Waals surface area contributed by atoms with E-state index in [1.165, 1.54) is 0 Å². The molecule has 1 aliphatic rings. The largest absolute Gasteiger partial charge is 0.312 e. The molecule has 5 nitrogen and oxygen atoms in total. The minimum absolute atomic E-state index is 0.117. The molecule has 0 aromatic heterocycles. The standard InChI is InChI=1S/C22H28N2O3S/c1-15-8-9-17(22(3,4)5)14-20(15)28(26,27)23-18-10-11-19(16(2)13-18)24-12-6-7-21(24)25/h8-11,13-14,23H,6-7,12H2,1-5H3. The molecule has 1 fully saturated rings. The summed E-state index contributed by atoms with van der Waals surface area (Å²) >= 11 is 0. The van der Waals surface area contributed by atoms with Crippen molar-refractivity contribution < 1.29 is 13.2 Å². The summed E-state index contributed by atoms with van der Waals surface area (Å²) in [6.07, 6.45) is 1.42. The van der Waals surface area contributed by atoms with Crippen LogP contribution in [-0.4, -0.2) is 20.9 Å². The molecule has 1 aliphatic heterocycles. The van der Waals surface area contributed by atoms with E-state index in [0.29, 0.717) is 24.2 Å². The molecule has 1 saturated heterocycles. The van der Waals surface area contributed by atoms with Gasteiger partial charge in [-0.25, -0.2) is 8.42 Å². The molecule has 28 heavy (non-hydrogen) atoms. The third-order valence-corrected chi connectivity index (χ3v) is 6.68. The predicted molar refractivity (Wildman–Crippen MR) is 113 cm³/mol. The summed E-state index contributed by atoms with van der Waals surface area (Å²) in [4.78, 5) is 14.0. The van der Waals surface area contributed by atoms with E-state index in [1.54, 1.807) is 30.0 Å². The Morgan fingerprint density at radius 3 is 2.29 bits per heavy atom. The minimum Gasteiger partial charge on any atom is -0.312 e. The van der Waals surface area contributed by atoms with Crippen molar-refractivity contribution in [3.8, 4) is 0 Å². The lowest BCUT2D eigenvalue weighted by molar-refractivity contribution is -0.117. The summed E-state index contributed by atoms with van der Waals surface area (Å²) in [5.41, 5.74) is 3.74. The van der Waals surface area contributed by atoms with Crippen molar-refractivity contribution in [2.75, 3.05) is 16.2 Å². The van der Waals surface area contributed by atoms with Gasteiger partial charge in [0, 0.05) is 24.3 Å². The monoisotopic (exact) mass is 400 g/mol. The van der Waals surface area contributed by atoms with Crippen LogP contribution < -0.4 is 9.62 Å². The molecule has 6 heteroatoms. The zero-order valence-corrected chi connectivity index (χ0v) is 18.0. The van der Waals surface area contributed by atoms with Crippen molar-refractivity contribution in [2.24, 2.45) is 0 Å². The number of amides is 1. The number of hydrogen-bond acceptors (Lipinski definition) is 3. The molecule has 0 spiro atoms. The molecule has 150 valence electrons. The average molecular weight is 401 g/mol. The number of carbonyl (C=O) groups is 1. The number of hydrogen-bond donors (Lipinski definition) is 1. The lowest BCUT2D eigenvalue weighted by atomic mass is 9.87. The highest BCUT2D eigenvalue weighted by molar-refractivity contribution is 7.92. The van der Waals surface area contributed by atoms with Crippen LogP contribution in [0.15, 0.2) is 41.3 Å². The van der Waals surface area contributed by atoms with Gasteiger partial charge in [0.1, 0.15) is 0 Å². The van der Waals surface area contributed by atoms with E-state index in [-0.39, 0.29) is 16.2 Å². The van der Waals surface area contributed by atoms with Gasteiger partial charge in [-0.2, -0.15) is 0 Å². The van der Waals surface area contributed by atoms with Crippen LogP contribution in [0.1, 0.15) is 50.3 Å². The van der Waals surface area contributed by atoms with Crippen LogP contribution in [0.5, 0.6) is 0 Å². The molecule has 0 aliphatic carbocycles. The number of benzene rings is 2. The van der Waals surface area contributed by atoms with Crippen molar-refractivity contribution in [1.82, 2.24) is 0 Å². The average Bonchev–Trinajstić information content (AvgIpc) is 2.99. The molecular formula is C22H28N2O3S. The Labute approximate surface area is 167 Å². The van der Waals surface area contributed by atoms with Gasteiger partial charge in [-0.15, -0.1) is 0 Å². The number of anilines is 2. The van der Waals surface area contributed by atoms with Crippen LogP contribution >= 0.6 is 0 Å². The Kier molecular flexibility index (Phi) is 5.28. The maximum atomic E-state index is 13.0. The number of sulfonamides is 1. The van der Waals surface area contributed by atoms with Gasteiger partial charge in [0.15, 0.2) is 0 Å². The summed E-state index contributed by atoms with van der Waals surface area (Å²) < 4.78 is 28.8. The van der Waals surface area contributed by atoms with Crippen molar-refractivity contribution >= 4 is 27.3 Å². The fourth-order valence-corrected chi connectivity index (χ4v) is 4.81. The maximum absolute atomic E-state index is 13.0. The molecular weight excluding hydrogens is 372 g/mol. The molecule has 1 N–H and O–H groups in total. The van der Waals surface area contributed by atoms with Gasteiger partial charge in [0.05, 0.1) is 4.90 Å². The van der Waals surface area contributed by atoms with Crippen molar-refractivity contribution in [3.05, 3.63) is 53.1 Å². The SMILES string of the molecule is Cc1cc(NS(=O)(=O)c2cc(C(C)(C)C)ccc2C)ccc1N1CCCC1=O. The summed E-state index contributed by atoms with van der Waals surface area (Å²) in [6.45, 7) is 10.6. The highest BCUT2D eigenvalue weighted by Gasteiger charge is 2.24. The lowest BCUT2D eigenvalue weighted by Crippen LogP contribution is -2.24. The highest BCUT2D eigenvalue weighted by atomic mass is 32.2. The first-order chi connectivity index (χ1) is 13.0. The smallest absolute Gasteiger partial charge is 0.262 e. The Morgan fingerprint density at radius 2 is 1.71 bits per heavy atom. The molecule has 3 rings (SSSR count). The maximum Gasteiger partial charge on any atom is 0.262 e. The molecule has 2 aromatic rings. The van der Waals surface area contributed by atoms with E-state index in [9.17, 15) is 13.2 Å². The second-order valence-corrected chi connectivity index (χ2v) is 10.1. The van der Waals surface area contributed by atoms with E-state index in [2.05, 4.69) is 25.5 Å². The first-order valence-corrected chi connectivity index (χ1v) is 11.0. The normalized spacial score (nSPS) is 15.2. The second-order valence-electron chi connectivity index (χ2n) is 8.49. The fourth-order valence-electron chi connectivity index (χ4n) is 3.49. The molecule has 0 radical (unpaired) electrons. The van der Waals surface area contributed by atoms with Gasteiger partial charge in [0.25, 0.3) is 10.0 Å². The van der Waals surface area contributed by atoms with Crippen molar-refractivity contribution in [1.29, 1.82) is 0 Å². The molecule has 2 aromatic carbocycles. The van der Waals surface area contributed by atoms with Crippen LogP contribution in [0, 0.1) is 13.8 Å². The molecule has 0 atom stereocenters. The third-order valence-electron chi connectivity index (χ3n) is 5.16. The van der Waals surface area contributed by atoms with Gasteiger partial charge >= 0.3 is 0 Å². The van der Waals surface area contributed by atoms with E-state index in [4.69, 9.17) is 0 Å². The van der Waals surface area contributed by atoms with E-state index in [0.717, 1.165) is 23.2 Å². The van der Waals surface area contributed by atoms with Crippen LogP contribution in [-0.2, 0) is 20.2 Å². The van der Waals surface area contributed by atoms with E-state index >= 15 is 0 Å². The van der Waals surface area contributed by atoms with Gasteiger partial charge in [-0.1, -0.05) is 32.9 Å². The van der Waals surface area contributed by atoms with Gasteiger partial charge in [-0.3, -0.25) is 9.52 Å². The quantitative estimate of drug-likeness (QED) is 0.820. The van der Waals surface area contributed by atoms with Crippen LogP contribution in [0.25, 0.3) is 0 Å². The Bertz CT molecular complexity index is 1020. The van der Waals surface area contributed by atoms with Crippen LogP contribution in [0.2, 0.25) is 0 Å². The molecule has 0 unspecified atom stereocenters. The van der Waals surface area contributed by atoms with E-state index < -0.39 is 10.0 Å². The van der Waals surface area contributed by atoms with Crippen molar-refractivity contribution in [3.63, 3.8) is 0 Å².